The molecule has 0 radical (unpaired) electrons. The van der Waals surface area contributed by atoms with Gasteiger partial charge in [0.05, 0.1) is 6.42 Å². The molecule has 1 aromatic rings. The highest BCUT2D eigenvalue weighted by atomic mass is 35.5. The van der Waals surface area contributed by atoms with Crippen LogP contribution in [-0.2, 0) is 11.2 Å². The number of likely N-dealkylation sites (tertiary alicyclic amines) is 1. The number of aliphatic hydroxyl groups is 1. The third-order valence-corrected chi connectivity index (χ3v) is 4.27. The molecule has 1 amide bonds. The van der Waals surface area contributed by atoms with Gasteiger partial charge >= 0.3 is 0 Å². The summed E-state index contributed by atoms with van der Waals surface area (Å²) in [6, 6.07) is 5.26. The van der Waals surface area contributed by atoms with E-state index in [-0.39, 0.29) is 18.9 Å². The van der Waals surface area contributed by atoms with E-state index in [2.05, 4.69) is 0 Å². The lowest BCUT2D eigenvalue weighted by Gasteiger charge is -2.17. The molecule has 1 N–H and O–H groups in total. The molecular formula is C14H17Cl2NO2. The zero-order valence-electron chi connectivity index (χ0n) is 10.6. The van der Waals surface area contributed by atoms with Gasteiger partial charge in [-0.15, -0.1) is 0 Å². The summed E-state index contributed by atoms with van der Waals surface area (Å²) in [4.78, 5) is 14.0. The normalized spacial score (nSPS) is 18.9. The number of nitrogens with zero attached hydrogens (tertiary/aromatic N) is 1. The fraction of sp³-hybridized carbons (Fsp3) is 0.500. The summed E-state index contributed by atoms with van der Waals surface area (Å²) in [7, 11) is 0. The maximum Gasteiger partial charge on any atom is 0.227 e. The Morgan fingerprint density at radius 1 is 1.37 bits per heavy atom. The summed E-state index contributed by atoms with van der Waals surface area (Å²) >= 11 is 12.1. The van der Waals surface area contributed by atoms with Crippen LogP contribution in [0.25, 0.3) is 0 Å². The van der Waals surface area contributed by atoms with Crippen molar-refractivity contribution in [2.24, 2.45) is 5.92 Å². The van der Waals surface area contributed by atoms with Crippen molar-refractivity contribution in [1.29, 1.82) is 0 Å². The van der Waals surface area contributed by atoms with Crippen LogP contribution >= 0.6 is 23.2 Å². The number of halogens is 2. The molecule has 1 aromatic carbocycles. The molecule has 1 heterocycles. The van der Waals surface area contributed by atoms with Gasteiger partial charge in [-0.05, 0) is 36.5 Å². The molecule has 1 saturated heterocycles. The minimum absolute atomic E-state index is 0.0513. The van der Waals surface area contributed by atoms with E-state index >= 15 is 0 Å². The Morgan fingerprint density at radius 3 is 2.68 bits per heavy atom. The number of carbonyl (C=O) groups excluding carboxylic acids is 1. The van der Waals surface area contributed by atoms with E-state index in [0.29, 0.717) is 21.5 Å². The molecule has 1 aliphatic rings. The summed E-state index contributed by atoms with van der Waals surface area (Å²) in [5.41, 5.74) is 0.696. The Hall–Kier alpha value is -0.770. The second kappa shape index (κ2) is 6.60. The van der Waals surface area contributed by atoms with Gasteiger partial charge in [-0.3, -0.25) is 4.79 Å². The Bertz CT molecular complexity index is 445. The predicted octanol–water partition coefficient (Wildman–Crippen LogP) is 2.77. The second-order valence-corrected chi connectivity index (χ2v) is 5.70. The van der Waals surface area contributed by atoms with Crippen molar-refractivity contribution in [1.82, 2.24) is 4.90 Å². The number of rotatable bonds is 4. The molecule has 0 bridgehead atoms. The van der Waals surface area contributed by atoms with E-state index in [1.165, 1.54) is 0 Å². The molecule has 5 heteroatoms. The van der Waals surface area contributed by atoms with Crippen LogP contribution in [0.15, 0.2) is 18.2 Å². The van der Waals surface area contributed by atoms with Crippen LogP contribution in [0.2, 0.25) is 10.0 Å². The first kappa shape index (κ1) is 14.6. The molecule has 2 rings (SSSR count). The number of aliphatic hydroxyl groups excluding tert-OH is 1. The van der Waals surface area contributed by atoms with E-state index in [0.717, 1.165) is 25.9 Å². The monoisotopic (exact) mass is 301 g/mol. The predicted molar refractivity (Wildman–Crippen MR) is 76.6 cm³/mol. The molecule has 0 saturated carbocycles. The maximum atomic E-state index is 12.2. The number of carbonyl (C=O) groups is 1. The van der Waals surface area contributed by atoms with Crippen molar-refractivity contribution in [2.75, 3.05) is 19.7 Å². The molecule has 1 atom stereocenters. The summed E-state index contributed by atoms with van der Waals surface area (Å²) in [5, 5.41) is 9.99. The molecule has 0 aromatic heterocycles. The molecule has 104 valence electrons. The number of hydrogen-bond acceptors (Lipinski definition) is 2. The number of benzene rings is 1. The fourth-order valence-corrected chi connectivity index (χ4v) is 2.97. The maximum absolute atomic E-state index is 12.2. The van der Waals surface area contributed by atoms with Gasteiger partial charge in [-0.25, -0.2) is 0 Å². The molecule has 0 aliphatic carbocycles. The van der Waals surface area contributed by atoms with Gasteiger partial charge in [-0.2, -0.15) is 0 Å². The van der Waals surface area contributed by atoms with Crippen LogP contribution in [0.1, 0.15) is 18.4 Å². The topological polar surface area (TPSA) is 40.5 Å². The highest BCUT2D eigenvalue weighted by Crippen LogP contribution is 2.26. The zero-order chi connectivity index (χ0) is 13.8. The highest BCUT2D eigenvalue weighted by molar-refractivity contribution is 6.36. The van der Waals surface area contributed by atoms with Crippen molar-refractivity contribution in [3.8, 4) is 0 Å². The average molecular weight is 302 g/mol. The van der Waals surface area contributed by atoms with Gasteiger partial charge in [0.25, 0.3) is 0 Å². The lowest BCUT2D eigenvalue weighted by Crippen LogP contribution is -2.30. The minimum Gasteiger partial charge on any atom is -0.396 e. The molecule has 3 nitrogen and oxygen atoms in total. The molecule has 0 spiro atoms. The van der Waals surface area contributed by atoms with Crippen LogP contribution in [0.5, 0.6) is 0 Å². The van der Waals surface area contributed by atoms with Crippen molar-refractivity contribution in [3.63, 3.8) is 0 Å². The van der Waals surface area contributed by atoms with Crippen molar-refractivity contribution < 1.29 is 9.90 Å². The lowest BCUT2D eigenvalue weighted by atomic mass is 10.1. The minimum atomic E-state index is 0.0513. The standard InChI is InChI=1S/C14H17Cl2NO2/c15-12-2-1-3-13(16)11(12)8-14(19)17-6-4-10(9-17)5-7-18/h1-3,10,18H,4-9H2. The van der Waals surface area contributed by atoms with Crippen LogP contribution in [0.4, 0.5) is 0 Å². The van der Waals surface area contributed by atoms with Crippen LogP contribution in [-0.4, -0.2) is 35.6 Å². The number of hydrogen-bond donors (Lipinski definition) is 1. The first-order valence-corrected chi connectivity index (χ1v) is 7.19. The summed E-state index contributed by atoms with van der Waals surface area (Å²) in [6.07, 6.45) is 1.96. The average Bonchev–Trinajstić information content (AvgIpc) is 2.83. The van der Waals surface area contributed by atoms with E-state index in [9.17, 15) is 4.79 Å². The van der Waals surface area contributed by atoms with Crippen LogP contribution in [0.3, 0.4) is 0 Å². The van der Waals surface area contributed by atoms with Crippen LogP contribution in [0, 0.1) is 5.92 Å². The third-order valence-electron chi connectivity index (χ3n) is 3.57. The van der Waals surface area contributed by atoms with Gasteiger partial charge in [-0.1, -0.05) is 29.3 Å². The van der Waals surface area contributed by atoms with Crippen molar-refractivity contribution in [3.05, 3.63) is 33.8 Å². The zero-order valence-corrected chi connectivity index (χ0v) is 12.1. The highest BCUT2D eigenvalue weighted by Gasteiger charge is 2.26. The fourth-order valence-electron chi connectivity index (χ4n) is 2.44. The summed E-state index contributed by atoms with van der Waals surface area (Å²) in [6.45, 7) is 1.66. The van der Waals surface area contributed by atoms with Gasteiger partial charge in [0, 0.05) is 29.7 Å². The molecule has 1 fully saturated rings. The summed E-state index contributed by atoms with van der Waals surface area (Å²) in [5.74, 6) is 0.464. The largest absolute Gasteiger partial charge is 0.396 e. The molecule has 19 heavy (non-hydrogen) atoms. The summed E-state index contributed by atoms with van der Waals surface area (Å²) < 4.78 is 0. The van der Waals surface area contributed by atoms with Crippen molar-refractivity contribution >= 4 is 29.1 Å². The van der Waals surface area contributed by atoms with Gasteiger partial charge in [0.15, 0.2) is 0 Å². The number of amides is 1. The first-order valence-electron chi connectivity index (χ1n) is 6.43. The van der Waals surface area contributed by atoms with E-state index in [4.69, 9.17) is 28.3 Å². The Labute approximate surface area is 123 Å². The molecule has 1 aliphatic heterocycles. The van der Waals surface area contributed by atoms with E-state index in [1.807, 2.05) is 4.90 Å². The van der Waals surface area contributed by atoms with Gasteiger partial charge < -0.3 is 10.0 Å². The van der Waals surface area contributed by atoms with Crippen molar-refractivity contribution in [2.45, 2.75) is 19.3 Å². The van der Waals surface area contributed by atoms with Crippen LogP contribution < -0.4 is 0 Å². The van der Waals surface area contributed by atoms with Gasteiger partial charge in [0.2, 0.25) is 5.91 Å². The Kier molecular flexibility index (Phi) is 5.08. The van der Waals surface area contributed by atoms with E-state index in [1.54, 1.807) is 18.2 Å². The SMILES string of the molecule is O=C(Cc1c(Cl)cccc1Cl)N1CCC(CCO)C1. The third kappa shape index (κ3) is 3.62. The quantitative estimate of drug-likeness (QED) is 0.929. The lowest BCUT2D eigenvalue weighted by molar-refractivity contribution is -0.129. The molecular weight excluding hydrogens is 285 g/mol. The van der Waals surface area contributed by atoms with E-state index < -0.39 is 0 Å². The first-order chi connectivity index (χ1) is 9.11. The Balaban J connectivity index is 1.98. The van der Waals surface area contributed by atoms with Gasteiger partial charge in [0.1, 0.15) is 0 Å². The second-order valence-electron chi connectivity index (χ2n) is 4.88. The smallest absolute Gasteiger partial charge is 0.227 e. The molecule has 1 unspecified atom stereocenters. The Morgan fingerprint density at radius 2 is 2.05 bits per heavy atom.